The van der Waals surface area contributed by atoms with E-state index in [4.69, 9.17) is 9.15 Å². The number of benzene rings is 1. The van der Waals surface area contributed by atoms with E-state index in [9.17, 15) is 0 Å². The first-order valence-electron chi connectivity index (χ1n) is 8.57. The predicted octanol–water partition coefficient (Wildman–Crippen LogP) is 4.40. The second kappa shape index (κ2) is 6.75. The average Bonchev–Trinajstić information content (AvgIpc) is 3.07. The van der Waals surface area contributed by atoms with Crippen LogP contribution >= 0.6 is 0 Å². The van der Waals surface area contributed by atoms with E-state index in [0.29, 0.717) is 0 Å². The molecule has 124 valence electrons. The van der Waals surface area contributed by atoms with Gasteiger partial charge in [0.05, 0.1) is 12.1 Å². The zero-order valence-corrected chi connectivity index (χ0v) is 13.8. The first-order valence-corrected chi connectivity index (χ1v) is 8.57. The SMILES string of the molecule is C[C@H](N[C@H]1CCCO[C@@H]1c1ccncc1)c1cc2ccccc2o1. The van der Waals surface area contributed by atoms with Gasteiger partial charge in [0.25, 0.3) is 0 Å². The summed E-state index contributed by atoms with van der Waals surface area (Å²) in [5.74, 6) is 0.968. The fourth-order valence-electron chi connectivity index (χ4n) is 3.45. The van der Waals surface area contributed by atoms with Crippen LogP contribution in [0.2, 0.25) is 0 Å². The molecule has 0 unspecified atom stereocenters. The second-order valence-corrected chi connectivity index (χ2v) is 6.40. The molecular weight excluding hydrogens is 300 g/mol. The Morgan fingerprint density at radius 1 is 1.17 bits per heavy atom. The summed E-state index contributed by atoms with van der Waals surface area (Å²) >= 11 is 0. The maximum atomic E-state index is 6.05. The first-order chi connectivity index (χ1) is 11.8. The van der Waals surface area contributed by atoms with Crippen molar-refractivity contribution in [3.05, 3.63) is 66.2 Å². The molecule has 2 aromatic heterocycles. The molecule has 1 aliphatic rings. The molecule has 3 atom stereocenters. The van der Waals surface area contributed by atoms with Crippen molar-refractivity contribution < 1.29 is 9.15 Å². The minimum atomic E-state index is 0.0635. The van der Waals surface area contributed by atoms with Gasteiger partial charge in [-0.05, 0) is 49.6 Å². The molecule has 1 aliphatic heterocycles. The summed E-state index contributed by atoms with van der Waals surface area (Å²) < 4.78 is 12.1. The topological polar surface area (TPSA) is 47.3 Å². The Bertz CT molecular complexity index is 767. The number of fused-ring (bicyclic) bond motifs is 1. The van der Waals surface area contributed by atoms with Crippen molar-refractivity contribution in [1.82, 2.24) is 10.3 Å². The third-order valence-electron chi connectivity index (χ3n) is 4.69. The summed E-state index contributed by atoms with van der Waals surface area (Å²) in [5.41, 5.74) is 2.12. The number of hydrogen-bond donors (Lipinski definition) is 1. The van der Waals surface area contributed by atoms with E-state index in [2.05, 4.69) is 29.4 Å². The van der Waals surface area contributed by atoms with Crippen molar-refractivity contribution in [1.29, 1.82) is 0 Å². The molecule has 0 aliphatic carbocycles. The normalized spacial score (nSPS) is 22.5. The Morgan fingerprint density at radius 3 is 2.83 bits per heavy atom. The maximum absolute atomic E-state index is 6.05. The van der Waals surface area contributed by atoms with Gasteiger partial charge >= 0.3 is 0 Å². The van der Waals surface area contributed by atoms with Crippen LogP contribution in [-0.2, 0) is 4.74 Å². The van der Waals surface area contributed by atoms with E-state index in [1.165, 1.54) is 5.56 Å². The van der Waals surface area contributed by atoms with E-state index in [0.717, 1.165) is 36.2 Å². The van der Waals surface area contributed by atoms with Crippen LogP contribution in [-0.4, -0.2) is 17.6 Å². The van der Waals surface area contributed by atoms with E-state index in [1.54, 1.807) is 0 Å². The van der Waals surface area contributed by atoms with Crippen LogP contribution in [0.25, 0.3) is 11.0 Å². The number of aromatic nitrogens is 1. The Hall–Kier alpha value is -2.17. The number of rotatable bonds is 4. The molecule has 4 rings (SSSR count). The van der Waals surface area contributed by atoms with Crippen molar-refractivity contribution >= 4 is 11.0 Å². The predicted molar refractivity (Wildman–Crippen MR) is 93.7 cm³/mol. The molecule has 0 saturated carbocycles. The fourth-order valence-corrected chi connectivity index (χ4v) is 3.45. The van der Waals surface area contributed by atoms with Gasteiger partial charge in [0, 0.05) is 30.4 Å². The lowest BCUT2D eigenvalue weighted by molar-refractivity contribution is -0.0140. The highest BCUT2D eigenvalue weighted by molar-refractivity contribution is 5.77. The molecule has 1 aromatic carbocycles. The fraction of sp³-hybridized carbons (Fsp3) is 0.350. The molecule has 3 aromatic rings. The highest BCUT2D eigenvalue weighted by Gasteiger charge is 2.29. The molecule has 0 spiro atoms. The van der Waals surface area contributed by atoms with E-state index in [-0.39, 0.29) is 18.2 Å². The third-order valence-corrected chi connectivity index (χ3v) is 4.69. The summed E-state index contributed by atoms with van der Waals surface area (Å²) in [6.45, 7) is 2.96. The van der Waals surface area contributed by atoms with Crippen molar-refractivity contribution in [2.75, 3.05) is 6.61 Å². The van der Waals surface area contributed by atoms with Crippen molar-refractivity contribution in [3.8, 4) is 0 Å². The smallest absolute Gasteiger partial charge is 0.134 e. The van der Waals surface area contributed by atoms with Crippen LogP contribution in [0.3, 0.4) is 0 Å². The monoisotopic (exact) mass is 322 g/mol. The molecule has 24 heavy (non-hydrogen) atoms. The molecule has 0 radical (unpaired) electrons. The van der Waals surface area contributed by atoms with Crippen molar-refractivity contribution in [2.45, 2.75) is 38.0 Å². The molecule has 4 heteroatoms. The van der Waals surface area contributed by atoms with Gasteiger partial charge in [-0.1, -0.05) is 18.2 Å². The zero-order valence-electron chi connectivity index (χ0n) is 13.8. The number of furan rings is 1. The van der Waals surface area contributed by atoms with Gasteiger partial charge in [-0.3, -0.25) is 4.98 Å². The maximum Gasteiger partial charge on any atom is 0.134 e. The molecule has 0 amide bonds. The molecule has 0 bridgehead atoms. The average molecular weight is 322 g/mol. The standard InChI is InChI=1S/C20H22N2O2/c1-14(19-13-16-5-2-3-7-18(16)24-19)22-17-6-4-12-23-20(17)15-8-10-21-11-9-15/h2-3,5,7-11,13-14,17,20,22H,4,6,12H2,1H3/t14-,17-,20+/m0/s1. The lowest BCUT2D eigenvalue weighted by Gasteiger charge is -2.34. The second-order valence-electron chi connectivity index (χ2n) is 6.40. The quantitative estimate of drug-likeness (QED) is 0.773. The van der Waals surface area contributed by atoms with Crippen LogP contribution in [0.1, 0.15) is 43.2 Å². The number of para-hydroxylation sites is 1. The molecule has 4 nitrogen and oxygen atoms in total. The number of pyridine rings is 1. The van der Waals surface area contributed by atoms with E-state index in [1.807, 2.05) is 42.7 Å². The van der Waals surface area contributed by atoms with E-state index < -0.39 is 0 Å². The van der Waals surface area contributed by atoms with Crippen LogP contribution in [0, 0.1) is 0 Å². The zero-order chi connectivity index (χ0) is 16.4. The lowest BCUT2D eigenvalue weighted by atomic mass is 9.96. The Labute approximate surface area is 141 Å². The molecule has 3 heterocycles. The Morgan fingerprint density at radius 2 is 2.00 bits per heavy atom. The van der Waals surface area contributed by atoms with Crippen LogP contribution in [0.15, 0.2) is 59.3 Å². The largest absolute Gasteiger partial charge is 0.459 e. The van der Waals surface area contributed by atoms with Gasteiger partial charge in [0.15, 0.2) is 0 Å². The summed E-state index contributed by atoms with van der Waals surface area (Å²) in [4.78, 5) is 4.11. The minimum absolute atomic E-state index is 0.0635. The van der Waals surface area contributed by atoms with Gasteiger partial charge in [-0.15, -0.1) is 0 Å². The number of ether oxygens (including phenoxy) is 1. The lowest BCUT2D eigenvalue weighted by Crippen LogP contribution is -2.40. The summed E-state index contributed by atoms with van der Waals surface area (Å²) in [7, 11) is 0. The van der Waals surface area contributed by atoms with Gasteiger partial charge in [-0.2, -0.15) is 0 Å². The minimum Gasteiger partial charge on any atom is -0.459 e. The number of nitrogens with one attached hydrogen (secondary N) is 1. The first kappa shape index (κ1) is 15.4. The van der Waals surface area contributed by atoms with Gasteiger partial charge in [-0.25, -0.2) is 0 Å². The van der Waals surface area contributed by atoms with Crippen LogP contribution < -0.4 is 5.32 Å². The molecule has 1 fully saturated rings. The number of nitrogens with zero attached hydrogens (tertiary/aromatic N) is 1. The van der Waals surface area contributed by atoms with Crippen molar-refractivity contribution in [2.24, 2.45) is 0 Å². The Balaban J connectivity index is 1.53. The van der Waals surface area contributed by atoms with Crippen molar-refractivity contribution in [3.63, 3.8) is 0 Å². The number of hydrogen-bond acceptors (Lipinski definition) is 4. The summed E-state index contributed by atoms with van der Waals surface area (Å²) in [6, 6.07) is 14.7. The van der Waals surface area contributed by atoms with Crippen LogP contribution in [0.4, 0.5) is 0 Å². The third kappa shape index (κ3) is 3.07. The Kier molecular flexibility index (Phi) is 4.32. The van der Waals surface area contributed by atoms with Gasteiger partial charge in [0.2, 0.25) is 0 Å². The summed E-state index contributed by atoms with van der Waals surface area (Å²) in [6.07, 6.45) is 5.89. The van der Waals surface area contributed by atoms with Gasteiger partial charge < -0.3 is 14.5 Å². The van der Waals surface area contributed by atoms with Gasteiger partial charge in [0.1, 0.15) is 11.3 Å². The molecule has 1 saturated heterocycles. The van der Waals surface area contributed by atoms with Crippen LogP contribution in [0.5, 0.6) is 0 Å². The molecule has 1 N–H and O–H groups in total. The highest BCUT2D eigenvalue weighted by Crippen LogP contribution is 2.31. The van der Waals surface area contributed by atoms with E-state index >= 15 is 0 Å². The highest BCUT2D eigenvalue weighted by atomic mass is 16.5. The molecular formula is C20H22N2O2. The summed E-state index contributed by atoms with van der Waals surface area (Å²) in [5, 5.41) is 4.85.